The Hall–Kier alpha value is -1.67. The van der Waals surface area contributed by atoms with Crippen LogP contribution in [0.5, 0.6) is 0 Å². The van der Waals surface area contributed by atoms with Crippen LogP contribution in [0.25, 0.3) is 0 Å². The second-order valence-corrected chi connectivity index (χ2v) is 6.60. The van der Waals surface area contributed by atoms with Crippen molar-refractivity contribution in [2.24, 2.45) is 0 Å². The normalized spacial score (nSPS) is 27.2. The number of halogens is 1. The summed E-state index contributed by atoms with van der Waals surface area (Å²) in [7, 11) is 0. The summed E-state index contributed by atoms with van der Waals surface area (Å²) in [5.74, 6) is -0.159. The maximum Gasteiger partial charge on any atom is 0.123 e. The van der Waals surface area contributed by atoms with Crippen molar-refractivity contribution in [1.29, 1.82) is 0 Å². The van der Waals surface area contributed by atoms with Crippen LogP contribution in [0.15, 0.2) is 42.5 Å². The van der Waals surface area contributed by atoms with E-state index in [9.17, 15) is 9.50 Å². The van der Waals surface area contributed by atoms with Crippen molar-refractivity contribution in [3.8, 4) is 0 Å². The van der Waals surface area contributed by atoms with E-state index in [4.69, 9.17) is 0 Å². The van der Waals surface area contributed by atoms with Gasteiger partial charge in [0.2, 0.25) is 0 Å². The highest BCUT2D eigenvalue weighted by Crippen LogP contribution is 2.47. The third-order valence-corrected chi connectivity index (χ3v) is 5.25. The molecule has 1 N–H and O–H groups in total. The van der Waals surface area contributed by atoms with E-state index in [0.29, 0.717) is 0 Å². The molecule has 2 aromatic carbocycles. The summed E-state index contributed by atoms with van der Waals surface area (Å²) in [6.07, 6.45) is 4.10. The van der Waals surface area contributed by atoms with E-state index in [1.54, 1.807) is 12.1 Å². The van der Waals surface area contributed by atoms with Gasteiger partial charge in [-0.3, -0.25) is 0 Å². The molecule has 1 fully saturated rings. The Morgan fingerprint density at radius 2 is 1.90 bits per heavy atom. The van der Waals surface area contributed by atoms with Crippen molar-refractivity contribution in [1.82, 2.24) is 0 Å². The first-order chi connectivity index (χ1) is 10.2. The number of aliphatic hydroxyl groups is 1. The van der Waals surface area contributed by atoms with Crippen molar-refractivity contribution in [2.75, 3.05) is 0 Å². The van der Waals surface area contributed by atoms with Crippen molar-refractivity contribution in [3.63, 3.8) is 0 Å². The number of rotatable bonds is 0. The average molecular weight is 282 g/mol. The second kappa shape index (κ2) is 4.67. The van der Waals surface area contributed by atoms with Crippen molar-refractivity contribution in [2.45, 2.75) is 43.6 Å². The highest BCUT2D eigenvalue weighted by atomic mass is 19.1. The van der Waals surface area contributed by atoms with Crippen LogP contribution in [-0.2, 0) is 18.3 Å². The van der Waals surface area contributed by atoms with Gasteiger partial charge in [0, 0.05) is 5.41 Å². The van der Waals surface area contributed by atoms with Crippen LogP contribution >= 0.6 is 0 Å². The first-order valence-corrected chi connectivity index (χ1v) is 7.70. The van der Waals surface area contributed by atoms with E-state index in [0.717, 1.165) is 37.7 Å². The molecule has 2 heteroatoms. The Morgan fingerprint density at radius 3 is 2.71 bits per heavy atom. The largest absolute Gasteiger partial charge is 0.393 e. The summed E-state index contributed by atoms with van der Waals surface area (Å²) in [5.41, 5.74) is 5.01. The topological polar surface area (TPSA) is 20.2 Å². The molecule has 2 aliphatic rings. The Morgan fingerprint density at radius 1 is 1.05 bits per heavy atom. The van der Waals surface area contributed by atoms with Crippen LogP contribution in [-0.4, -0.2) is 11.2 Å². The van der Waals surface area contributed by atoms with E-state index in [1.165, 1.54) is 16.7 Å². The lowest BCUT2D eigenvalue weighted by atomic mass is 9.73. The van der Waals surface area contributed by atoms with Crippen LogP contribution in [0, 0.1) is 5.82 Å². The highest BCUT2D eigenvalue weighted by molar-refractivity contribution is 5.46. The van der Waals surface area contributed by atoms with E-state index in [2.05, 4.69) is 24.3 Å². The number of hydrogen-bond acceptors (Lipinski definition) is 1. The van der Waals surface area contributed by atoms with Gasteiger partial charge < -0.3 is 5.11 Å². The zero-order valence-corrected chi connectivity index (χ0v) is 12.0. The molecule has 0 aromatic heterocycles. The second-order valence-electron chi connectivity index (χ2n) is 6.60. The van der Waals surface area contributed by atoms with E-state index in [-0.39, 0.29) is 17.3 Å². The van der Waals surface area contributed by atoms with E-state index in [1.807, 2.05) is 6.07 Å². The number of benzene rings is 2. The van der Waals surface area contributed by atoms with Gasteiger partial charge in [-0.15, -0.1) is 0 Å². The zero-order chi connectivity index (χ0) is 14.4. The first-order valence-electron chi connectivity index (χ1n) is 7.70. The van der Waals surface area contributed by atoms with Crippen LogP contribution in [0.4, 0.5) is 4.39 Å². The Balaban J connectivity index is 1.91. The molecular formula is C19H19FO. The van der Waals surface area contributed by atoms with Gasteiger partial charge in [0.1, 0.15) is 5.82 Å². The lowest BCUT2D eigenvalue weighted by Gasteiger charge is -2.30. The predicted octanol–water partition coefficient (Wildman–Crippen LogP) is 3.76. The maximum absolute atomic E-state index is 13.7. The lowest BCUT2D eigenvalue weighted by Crippen LogP contribution is -2.27. The lowest BCUT2D eigenvalue weighted by molar-refractivity contribution is 0.173. The minimum Gasteiger partial charge on any atom is -0.393 e. The summed E-state index contributed by atoms with van der Waals surface area (Å²) in [5, 5.41) is 10.1. The van der Waals surface area contributed by atoms with Crippen molar-refractivity contribution in [3.05, 3.63) is 70.5 Å². The molecule has 1 saturated carbocycles. The molecular weight excluding hydrogens is 263 g/mol. The maximum atomic E-state index is 13.7. The van der Waals surface area contributed by atoms with Gasteiger partial charge in [-0.25, -0.2) is 4.39 Å². The molecule has 2 unspecified atom stereocenters. The molecule has 108 valence electrons. The molecule has 21 heavy (non-hydrogen) atoms. The van der Waals surface area contributed by atoms with Gasteiger partial charge in [-0.2, -0.15) is 0 Å². The molecule has 2 atom stereocenters. The van der Waals surface area contributed by atoms with E-state index >= 15 is 0 Å². The number of hydrogen-bond donors (Lipinski definition) is 1. The van der Waals surface area contributed by atoms with Crippen LogP contribution < -0.4 is 0 Å². The van der Waals surface area contributed by atoms with Gasteiger partial charge in [0.05, 0.1) is 6.10 Å². The standard InChI is InChI=1S/C19H19FO/c20-16-6-5-13-9-14-3-1-2-4-18(14)19(11-15(13)10-16)8-7-17(21)12-19/h1-6,10,17,21H,7-9,11-12H2. The van der Waals surface area contributed by atoms with Gasteiger partial charge >= 0.3 is 0 Å². The summed E-state index contributed by atoms with van der Waals surface area (Å²) in [4.78, 5) is 0. The van der Waals surface area contributed by atoms with Crippen LogP contribution in [0.1, 0.15) is 41.5 Å². The molecule has 0 heterocycles. The third kappa shape index (κ3) is 2.09. The summed E-state index contributed by atoms with van der Waals surface area (Å²) < 4.78 is 13.7. The molecule has 1 spiro atoms. The van der Waals surface area contributed by atoms with Crippen LogP contribution in [0.3, 0.4) is 0 Å². The molecule has 0 saturated heterocycles. The molecule has 1 nitrogen and oxygen atoms in total. The van der Waals surface area contributed by atoms with Crippen LogP contribution in [0.2, 0.25) is 0 Å². The smallest absolute Gasteiger partial charge is 0.123 e. The highest BCUT2D eigenvalue weighted by Gasteiger charge is 2.42. The third-order valence-electron chi connectivity index (χ3n) is 5.25. The van der Waals surface area contributed by atoms with E-state index < -0.39 is 0 Å². The fraction of sp³-hybridized carbons (Fsp3) is 0.368. The average Bonchev–Trinajstić information content (AvgIpc) is 2.78. The quantitative estimate of drug-likeness (QED) is 0.780. The van der Waals surface area contributed by atoms with Gasteiger partial charge in [0.25, 0.3) is 0 Å². The number of fused-ring (bicyclic) bond motifs is 3. The van der Waals surface area contributed by atoms with Gasteiger partial charge in [-0.05, 0) is 66.5 Å². The molecule has 0 amide bonds. The predicted molar refractivity (Wildman–Crippen MR) is 80.9 cm³/mol. The summed E-state index contributed by atoms with van der Waals surface area (Å²) in [6.45, 7) is 0. The number of aliphatic hydroxyl groups excluding tert-OH is 1. The fourth-order valence-electron chi connectivity index (χ4n) is 4.29. The zero-order valence-electron chi connectivity index (χ0n) is 12.0. The molecule has 0 aliphatic heterocycles. The molecule has 2 aliphatic carbocycles. The molecule has 2 aromatic rings. The van der Waals surface area contributed by atoms with Gasteiger partial charge in [-0.1, -0.05) is 30.3 Å². The fourth-order valence-corrected chi connectivity index (χ4v) is 4.29. The first kappa shape index (κ1) is 13.0. The molecule has 0 bridgehead atoms. The summed E-state index contributed by atoms with van der Waals surface area (Å²) in [6, 6.07) is 13.7. The summed E-state index contributed by atoms with van der Waals surface area (Å²) >= 11 is 0. The monoisotopic (exact) mass is 282 g/mol. The molecule has 0 radical (unpaired) electrons. The Bertz CT molecular complexity index is 694. The minimum absolute atomic E-state index is 0.0188. The Labute approximate surface area is 124 Å². The van der Waals surface area contributed by atoms with Crippen molar-refractivity contribution >= 4 is 0 Å². The van der Waals surface area contributed by atoms with Crippen molar-refractivity contribution < 1.29 is 9.50 Å². The van der Waals surface area contributed by atoms with Gasteiger partial charge in [0.15, 0.2) is 0 Å². The molecule has 4 rings (SSSR count). The minimum atomic E-state index is -0.229. The Kier molecular flexibility index (Phi) is 2.90. The SMILES string of the molecule is OC1CCC2(Cc3cc(F)ccc3Cc3ccccc32)C1.